The normalized spacial score (nSPS) is 16.2. The number of carbonyl (C=O) groups is 1. The van der Waals surface area contributed by atoms with Crippen LogP contribution in [0.15, 0.2) is 24.3 Å². The molecule has 1 aliphatic carbocycles. The van der Waals surface area contributed by atoms with Crippen molar-refractivity contribution in [2.24, 2.45) is 0 Å². The lowest BCUT2D eigenvalue weighted by Gasteiger charge is -2.25. The smallest absolute Gasteiger partial charge is 0.240 e. The number of sulfonamides is 1. The van der Waals surface area contributed by atoms with Gasteiger partial charge in [-0.15, -0.1) is 0 Å². The van der Waals surface area contributed by atoms with E-state index in [1.165, 1.54) is 4.31 Å². The summed E-state index contributed by atoms with van der Waals surface area (Å²) in [6.07, 6.45) is 5.33. The Morgan fingerprint density at radius 2 is 1.71 bits per heavy atom. The Balaban J connectivity index is 2.15. The monoisotopic (exact) mass is 352 g/mol. The summed E-state index contributed by atoms with van der Waals surface area (Å²) < 4.78 is 25.4. The molecule has 134 valence electrons. The molecule has 0 atom stereocenters. The lowest BCUT2D eigenvalue weighted by molar-refractivity contribution is -0.120. The van der Waals surface area contributed by atoms with E-state index in [4.69, 9.17) is 0 Å². The number of hydrogen-bond donors (Lipinski definition) is 1. The molecule has 0 radical (unpaired) electrons. The molecule has 1 aliphatic rings. The molecule has 0 unspecified atom stereocenters. The van der Waals surface area contributed by atoms with Crippen LogP contribution in [0.5, 0.6) is 0 Å². The molecule has 1 N–H and O–H groups in total. The molecule has 2 rings (SSSR count). The second kappa shape index (κ2) is 7.13. The number of anilines is 1. The molecule has 1 aromatic rings. The van der Waals surface area contributed by atoms with E-state index in [0.29, 0.717) is 5.69 Å². The van der Waals surface area contributed by atoms with Crippen molar-refractivity contribution in [2.75, 3.05) is 17.1 Å². The van der Waals surface area contributed by atoms with Gasteiger partial charge in [-0.25, -0.2) is 8.42 Å². The molecular weight excluding hydrogens is 324 g/mol. The molecule has 0 saturated heterocycles. The fourth-order valence-corrected chi connectivity index (χ4v) is 3.86. The van der Waals surface area contributed by atoms with Crippen LogP contribution in [-0.4, -0.2) is 33.2 Å². The van der Waals surface area contributed by atoms with Gasteiger partial charge in [0.1, 0.15) is 6.54 Å². The highest BCUT2D eigenvalue weighted by atomic mass is 32.2. The van der Waals surface area contributed by atoms with E-state index in [9.17, 15) is 13.2 Å². The second-order valence-electron chi connectivity index (χ2n) is 7.62. The number of nitrogens with zero attached hydrogens (tertiary/aromatic N) is 1. The minimum absolute atomic E-state index is 0.00566. The van der Waals surface area contributed by atoms with Crippen LogP contribution in [-0.2, 0) is 20.2 Å². The largest absolute Gasteiger partial charge is 0.352 e. The summed E-state index contributed by atoms with van der Waals surface area (Å²) in [6.45, 7) is 6.13. The number of amides is 1. The van der Waals surface area contributed by atoms with Crippen molar-refractivity contribution in [3.63, 3.8) is 0 Å². The molecule has 1 saturated carbocycles. The standard InChI is InChI=1S/C18H28N2O3S/c1-18(2,3)14-9-11-16(12-10-14)20(24(4,22)23)13-17(21)19-15-7-5-6-8-15/h9-12,15H,5-8,13H2,1-4H3,(H,19,21). The molecule has 0 aromatic heterocycles. The Kier molecular flexibility index (Phi) is 5.58. The van der Waals surface area contributed by atoms with Crippen LogP contribution in [0, 0.1) is 0 Å². The predicted octanol–water partition coefficient (Wildman–Crippen LogP) is 2.81. The first kappa shape index (κ1) is 18.8. The van der Waals surface area contributed by atoms with Crippen LogP contribution in [0.3, 0.4) is 0 Å². The van der Waals surface area contributed by atoms with E-state index in [0.717, 1.165) is 37.5 Å². The van der Waals surface area contributed by atoms with Gasteiger partial charge in [-0.05, 0) is 36.0 Å². The SMILES string of the molecule is CC(C)(C)c1ccc(N(CC(=O)NC2CCCC2)S(C)(=O)=O)cc1. The third-order valence-corrected chi connectivity index (χ3v) is 5.57. The minimum Gasteiger partial charge on any atom is -0.352 e. The molecule has 1 fully saturated rings. The zero-order chi connectivity index (χ0) is 18.0. The van der Waals surface area contributed by atoms with Gasteiger partial charge >= 0.3 is 0 Å². The Hall–Kier alpha value is -1.56. The predicted molar refractivity (Wildman–Crippen MR) is 97.7 cm³/mol. The van der Waals surface area contributed by atoms with E-state index in [-0.39, 0.29) is 23.9 Å². The molecule has 1 amide bonds. The lowest BCUT2D eigenvalue weighted by atomic mass is 9.87. The van der Waals surface area contributed by atoms with E-state index in [1.54, 1.807) is 12.1 Å². The van der Waals surface area contributed by atoms with Gasteiger partial charge in [0.25, 0.3) is 0 Å². The van der Waals surface area contributed by atoms with Crippen LogP contribution < -0.4 is 9.62 Å². The van der Waals surface area contributed by atoms with Crippen molar-refractivity contribution in [2.45, 2.75) is 57.9 Å². The average molecular weight is 352 g/mol. The molecule has 0 spiro atoms. The van der Waals surface area contributed by atoms with Crippen molar-refractivity contribution in [1.82, 2.24) is 5.32 Å². The zero-order valence-corrected chi connectivity index (χ0v) is 15.8. The molecule has 5 nitrogen and oxygen atoms in total. The van der Waals surface area contributed by atoms with Crippen molar-refractivity contribution in [3.8, 4) is 0 Å². The van der Waals surface area contributed by atoms with Gasteiger partial charge in [0.15, 0.2) is 0 Å². The summed E-state index contributed by atoms with van der Waals surface area (Å²) in [7, 11) is -3.52. The summed E-state index contributed by atoms with van der Waals surface area (Å²) in [5.74, 6) is -0.243. The number of carbonyl (C=O) groups excluding carboxylic acids is 1. The van der Waals surface area contributed by atoms with Crippen LogP contribution in [0.2, 0.25) is 0 Å². The van der Waals surface area contributed by atoms with E-state index in [2.05, 4.69) is 26.1 Å². The van der Waals surface area contributed by atoms with Gasteiger partial charge in [0, 0.05) is 6.04 Å². The maximum atomic E-state index is 12.2. The Morgan fingerprint density at radius 3 is 2.17 bits per heavy atom. The van der Waals surface area contributed by atoms with Crippen molar-refractivity contribution < 1.29 is 13.2 Å². The number of benzene rings is 1. The molecule has 0 aliphatic heterocycles. The molecule has 6 heteroatoms. The quantitative estimate of drug-likeness (QED) is 0.886. The zero-order valence-electron chi connectivity index (χ0n) is 15.0. The van der Waals surface area contributed by atoms with E-state index in [1.807, 2.05) is 12.1 Å². The van der Waals surface area contributed by atoms with Gasteiger partial charge in [-0.1, -0.05) is 45.7 Å². The average Bonchev–Trinajstić information content (AvgIpc) is 2.95. The highest BCUT2D eigenvalue weighted by molar-refractivity contribution is 7.92. The molecule has 0 heterocycles. The summed E-state index contributed by atoms with van der Waals surface area (Å²) in [6, 6.07) is 7.56. The highest BCUT2D eigenvalue weighted by Crippen LogP contribution is 2.26. The Labute approximate surface area is 145 Å². The maximum Gasteiger partial charge on any atom is 0.240 e. The summed E-state index contributed by atoms with van der Waals surface area (Å²) >= 11 is 0. The van der Waals surface area contributed by atoms with E-state index < -0.39 is 10.0 Å². The van der Waals surface area contributed by atoms with Gasteiger partial charge in [-0.3, -0.25) is 9.10 Å². The first-order valence-corrected chi connectivity index (χ1v) is 10.3. The fourth-order valence-electron chi connectivity index (χ4n) is 3.00. The van der Waals surface area contributed by atoms with Crippen LogP contribution in [0.4, 0.5) is 5.69 Å². The Bertz CT molecular complexity index is 669. The van der Waals surface area contributed by atoms with Crippen molar-refractivity contribution in [3.05, 3.63) is 29.8 Å². The highest BCUT2D eigenvalue weighted by Gasteiger charge is 2.24. The van der Waals surface area contributed by atoms with Crippen molar-refractivity contribution >= 4 is 21.6 Å². The second-order valence-corrected chi connectivity index (χ2v) is 9.52. The fraction of sp³-hybridized carbons (Fsp3) is 0.611. The number of rotatable bonds is 5. The summed E-state index contributed by atoms with van der Waals surface area (Å²) in [5.41, 5.74) is 1.64. The first-order valence-electron chi connectivity index (χ1n) is 8.45. The van der Waals surface area contributed by atoms with E-state index >= 15 is 0 Å². The Morgan fingerprint density at radius 1 is 1.17 bits per heavy atom. The third kappa shape index (κ3) is 4.97. The third-order valence-electron chi connectivity index (χ3n) is 4.43. The summed E-state index contributed by atoms with van der Waals surface area (Å²) in [5, 5.41) is 2.94. The van der Waals surface area contributed by atoms with Gasteiger partial charge in [-0.2, -0.15) is 0 Å². The van der Waals surface area contributed by atoms with Crippen LogP contribution >= 0.6 is 0 Å². The minimum atomic E-state index is -3.52. The molecule has 0 bridgehead atoms. The molecular formula is C18H28N2O3S. The first-order chi connectivity index (χ1) is 11.1. The summed E-state index contributed by atoms with van der Waals surface area (Å²) in [4.78, 5) is 12.2. The molecule has 1 aromatic carbocycles. The van der Waals surface area contributed by atoms with Gasteiger partial charge < -0.3 is 5.32 Å². The van der Waals surface area contributed by atoms with Crippen LogP contribution in [0.1, 0.15) is 52.0 Å². The molecule has 24 heavy (non-hydrogen) atoms. The van der Waals surface area contributed by atoms with Gasteiger partial charge in [0.2, 0.25) is 15.9 Å². The number of nitrogens with one attached hydrogen (secondary N) is 1. The number of hydrogen-bond acceptors (Lipinski definition) is 3. The van der Waals surface area contributed by atoms with Crippen LogP contribution in [0.25, 0.3) is 0 Å². The topological polar surface area (TPSA) is 66.5 Å². The van der Waals surface area contributed by atoms with Crippen molar-refractivity contribution in [1.29, 1.82) is 0 Å². The lowest BCUT2D eigenvalue weighted by Crippen LogP contribution is -2.43. The maximum absolute atomic E-state index is 12.2. The van der Waals surface area contributed by atoms with Gasteiger partial charge in [0.05, 0.1) is 11.9 Å².